The van der Waals surface area contributed by atoms with Gasteiger partial charge in [-0.2, -0.15) is 0 Å². The first-order valence-electron chi connectivity index (χ1n) is 8.98. The third kappa shape index (κ3) is 5.53. The number of hydrogen-bond donors (Lipinski definition) is 1. The van der Waals surface area contributed by atoms with Crippen molar-refractivity contribution in [3.8, 4) is 11.6 Å². The van der Waals surface area contributed by atoms with Gasteiger partial charge in [-0.15, -0.1) is 0 Å². The molecule has 0 aliphatic carbocycles. The molecule has 2 aromatic rings. The van der Waals surface area contributed by atoms with Crippen LogP contribution in [-0.2, 0) is 21.2 Å². The Hall–Kier alpha value is -2.41. The molecule has 7 heteroatoms. The molecule has 0 saturated carbocycles. The Morgan fingerprint density at radius 2 is 2.07 bits per heavy atom. The first-order valence-corrected chi connectivity index (χ1v) is 10.8. The first kappa shape index (κ1) is 19.4. The van der Waals surface area contributed by atoms with E-state index in [2.05, 4.69) is 10.3 Å². The molecular formula is C20H24N2O4S. The molecule has 3 rings (SSSR count). The van der Waals surface area contributed by atoms with E-state index in [-0.39, 0.29) is 29.8 Å². The minimum atomic E-state index is -2.95. The molecule has 1 saturated heterocycles. The van der Waals surface area contributed by atoms with Crippen molar-refractivity contribution < 1.29 is 17.9 Å². The number of aromatic nitrogens is 1. The number of hydrogen-bond acceptors (Lipinski definition) is 5. The van der Waals surface area contributed by atoms with E-state index < -0.39 is 9.84 Å². The molecule has 2 heterocycles. The minimum Gasteiger partial charge on any atom is -0.439 e. The van der Waals surface area contributed by atoms with E-state index in [1.165, 1.54) is 0 Å². The van der Waals surface area contributed by atoms with Crippen molar-refractivity contribution in [1.82, 2.24) is 10.3 Å². The van der Waals surface area contributed by atoms with E-state index in [4.69, 9.17) is 4.74 Å². The van der Waals surface area contributed by atoms with E-state index in [0.717, 1.165) is 22.4 Å². The Kier molecular flexibility index (Phi) is 5.79. The second-order valence-corrected chi connectivity index (χ2v) is 9.35. The maximum Gasteiger partial charge on any atom is 0.220 e. The molecule has 1 aliphatic rings. The number of benzene rings is 1. The van der Waals surface area contributed by atoms with Gasteiger partial charge < -0.3 is 10.1 Å². The lowest BCUT2D eigenvalue weighted by Crippen LogP contribution is -2.25. The molecule has 0 bridgehead atoms. The minimum absolute atomic E-state index is 0.0681. The van der Waals surface area contributed by atoms with Crippen LogP contribution in [0.3, 0.4) is 0 Å². The average Bonchev–Trinajstić information content (AvgIpc) is 2.96. The smallest absolute Gasteiger partial charge is 0.220 e. The molecule has 1 N–H and O–H groups in total. The Bertz CT molecular complexity index is 923. The molecule has 1 aliphatic heterocycles. The molecular weight excluding hydrogens is 364 g/mol. The Morgan fingerprint density at radius 1 is 1.26 bits per heavy atom. The molecule has 1 atom stereocenters. The van der Waals surface area contributed by atoms with Gasteiger partial charge in [-0.3, -0.25) is 4.79 Å². The highest BCUT2D eigenvalue weighted by atomic mass is 32.2. The van der Waals surface area contributed by atoms with Crippen LogP contribution >= 0.6 is 0 Å². The highest BCUT2D eigenvalue weighted by molar-refractivity contribution is 7.91. The Labute approximate surface area is 159 Å². The van der Waals surface area contributed by atoms with E-state index in [1.807, 2.05) is 38.1 Å². The zero-order valence-electron chi connectivity index (χ0n) is 15.6. The van der Waals surface area contributed by atoms with Gasteiger partial charge in [0, 0.05) is 25.2 Å². The van der Waals surface area contributed by atoms with Crippen LogP contribution in [-0.4, -0.2) is 30.8 Å². The standard InChI is InChI=1S/C20H24N2O4S/c1-14-3-4-15(2)18(9-14)26-20-6-5-17(12-22-20)11-21-19(23)10-16-7-8-27(24,25)13-16/h3-6,9,12,16H,7-8,10-11,13H2,1-2H3,(H,21,23). The lowest BCUT2D eigenvalue weighted by molar-refractivity contribution is -0.122. The van der Waals surface area contributed by atoms with Crippen LogP contribution in [0.2, 0.25) is 0 Å². The molecule has 27 heavy (non-hydrogen) atoms. The summed E-state index contributed by atoms with van der Waals surface area (Å²) in [6.45, 7) is 4.34. The monoisotopic (exact) mass is 388 g/mol. The first-order chi connectivity index (χ1) is 12.8. The summed E-state index contributed by atoms with van der Waals surface area (Å²) in [4.78, 5) is 16.3. The van der Waals surface area contributed by atoms with Crippen molar-refractivity contribution in [3.05, 3.63) is 53.2 Å². The second-order valence-electron chi connectivity index (χ2n) is 7.13. The summed E-state index contributed by atoms with van der Waals surface area (Å²) in [5.74, 6) is 1.38. The highest BCUT2D eigenvalue weighted by Crippen LogP contribution is 2.25. The van der Waals surface area contributed by atoms with Gasteiger partial charge in [-0.25, -0.2) is 13.4 Å². The fourth-order valence-electron chi connectivity index (χ4n) is 3.07. The Morgan fingerprint density at radius 3 is 2.74 bits per heavy atom. The summed E-state index contributed by atoms with van der Waals surface area (Å²) in [6, 6.07) is 9.63. The lowest BCUT2D eigenvalue weighted by atomic mass is 10.1. The summed E-state index contributed by atoms with van der Waals surface area (Å²) in [6.07, 6.45) is 2.49. The number of sulfone groups is 1. The number of nitrogens with zero attached hydrogens (tertiary/aromatic N) is 1. The van der Waals surface area contributed by atoms with Crippen LogP contribution in [0.15, 0.2) is 36.5 Å². The van der Waals surface area contributed by atoms with E-state index >= 15 is 0 Å². The molecule has 6 nitrogen and oxygen atoms in total. The highest BCUT2D eigenvalue weighted by Gasteiger charge is 2.29. The maximum atomic E-state index is 12.0. The zero-order chi connectivity index (χ0) is 19.4. The summed E-state index contributed by atoms with van der Waals surface area (Å²) in [5.41, 5.74) is 3.01. The molecule has 1 amide bonds. The predicted octanol–water partition coefficient (Wildman–Crippen LogP) is 2.93. The van der Waals surface area contributed by atoms with Crippen molar-refractivity contribution in [2.24, 2.45) is 5.92 Å². The van der Waals surface area contributed by atoms with Crippen LogP contribution in [0, 0.1) is 19.8 Å². The van der Waals surface area contributed by atoms with E-state index in [0.29, 0.717) is 18.8 Å². The van der Waals surface area contributed by atoms with Crippen LogP contribution in [0.1, 0.15) is 29.5 Å². The summed E-state index contributed by atoms with van der Waals surface area (Å²) in [7, 11) is -2.95. The van der Waals surface area contributed by atoms with Gasteiger partial charge in [-0.05, 0) is 48.9 Å². The van der Waals surface area contributed by atoms with Crippen LogP contribution in [0.4, 0.5) is 0 Å². The topological polar surface area (TPSA) is 85.4 Å². The number of carbonyl (C=O) groups excluding carboxylic acids is 1. The van der Waals surface area contributed by atoms with Gasteiger partial charge in [-0.1, -0.05) is 18.2 Å². The number of nitrogens with one attached hydrogen (secondary N) is 1. The largest absolute Gasteiger partial charge is 0.439 e. The maximum absolute atomic E-state index is 12.0. The summed E-state index contributed by atoms with van der Waals surface area (Å²) < 4.78 is 28.7. The zero-order valence-corrected chi connectivity index (χ0v) is 16.4. The van der Waals surface area contributed by atoms with E-state index in [9.17, 15) is 13.2 Å². The second kappa shape index (κ2) is 8.08. The number of rotatable bonds is 6. The summed E-state index contributed by atoms with van der Waals surface area (Å²) in [5, 5.41) is 2.82. The lowest BCUT2D eigenvalue weighted by Gasteiger charge is -2.10. The number of aryl methyl sites for hydroxylation is 2. The van der Waals surface area contributed by atoms with Gasteiger partial charge in [0.05, 0.1) is 11.5 Å². The molecule has 1 aromatic heterocycles. The normalized spacial score (nSPS) is 18.2. The van der Waals surface area contributed by atoms with Crippen molar-refractivity contribution >= 4 is 15.7 Å². The van der Waals surface area contributed by atoms with Crippen molar-refractivity contribution in [3.63, 3.8) is 0 Å². The Balaban J connectivity index is 1.50. The van der Waals surface area contributed by atoms with Crippen LogP contribution in [0.5, 0.6) is 11.6 Å². The fourth-order valence-corrected chi connectivity index (χ4v) is 4.94. The number of pyridine rings is 1. The quantitative estimate of drug-likeness (QED) is 0.822. The van der Waals surface area contributed by atoms with Gasteiger partial charge in [0.25, 0.3) is 0 Å². The predicted molar refractivity (Wildman–Crippen MR) is 103 cm³/mol. The SMILES string of the molecule is Cc1ccc(C)c(Oc2ccc(CNC(=O)CC3CCS(=O)(=O)C3)cn2)c1. The molecule has 0 spiro atoms. The number of carbonyl (C=O) groups is 1. The third-order valence-electron chi connectivity index (χ3n) is 4.65. The molecule has 144 valence electrons. The van der Waals surface area contributed by atoms with Crippen molar-refractivity contribution in [1.29, 1.82) is 0 Å². The van der Waals surface area contributed by atoms with Gasteiger partial charge in [0.1, 0.15) is 5.75 Å². The van der Waals surface area contributed by atoms with Crippen LogP contribution in [0.25, 0.3) is 0 Å². The molecule has 1 aromatic carbocycles. The third-order valence-corrected chi connectivity index (χ3v) is 6.48. The van der Waals surface area contributed by atoms with E-state index in [1.54, 1.807) is 12.3 Å². The van der Waals surface area contributed by atoms with Crippen LogP contribution < -0.4 is 10.1 Å². The van der Waals surface area contributed by atoms with Gasteiger partial charge >= 0.3 is 0 Å². The number of ether oxygens (including phenoxy) is 1. The summed E-state index contributed by atoms with van der Waals surface area (Å²) >= 11 is 0. The number of amides is 1. The fraction of sp³-hybridized carbons (Fsp3) is 0.400. The molecule has 0 radical (unpaired) electrons. The molecule has 1 unspecified atom stereocenters. The van der Waals surface area contributed by atoms with Gasteiger partial charge in [0.2, 0.25) is 11.8 Å². The van der Waals surface area contributed by atoms with Gasteiger partial charge in [0.15, 0.2) is 9.84 Å². The average molecular weight is 388 g/mol. The van der Waals surface area contributed by atoms with Crippen molar-refractivity contribution in [2.45, 2.75) is 33.2 Å². The molecule has 1 fully saturated rings. The van der Waals surface area contributed by atoms with Crippen molar-refractivity contribution in [2.75, 3.05) is 11.5 Å².